The summed E-state index contributed by atoms with van der Waals surface area (Å²) in [6.45, 7) is 8.60. The van der Waals surface area contributed by atoms with Gasteiger partial charge < -0.3 is 14.8 Å². The molecule has 1 N–H and O–H groups in total. The monoisotopic (exact) mass is 460 g/mol. The lowest BCUT2D eigenvalue weighted by molar-refractivity contribution is 0.276. The van der Waals surface area contributed by atoms with Crippen molar-refractivity contribution < 1.29 is 0 Å². The molecule has 2 aliphatic rings. The zero-order valence-corrected chi connectivity index (χ0v) is 18.3. The lowest BCUT2D eigenvalue weighted by Gasteiger charge is -2.27. The highest BCUT2D eigenvalue weighted by atomic mass is 127. The Labute approximate surface area is 168 Å². The molecule has 1 saturated heterocycles. The van der Waals surface area contributed by atoms with Crippen LogP contribution in [0.2, 0.25) is 0 Å². The Hall–Kier alpha value is -0.860. The first-order chi connectivity index (χ1) is 11.7. The largest absolute Gasteiger partial charge is 0.349 e. The maximum absolute atomic E-state index is 4.51. The normalized spacial score (nSPS) is 20.0. The molecule has 0 aliphatic carbocycles. The van der Waals surface area contributed by atoms with Gasteiger partial charge in [0.2, 0.25) is 0 Å². The number of nitrogens with one attached hydrogen (secondary N) is 1. The number of guanidine groups is 1. The summed E-state index contributed by atoms with van der Waals surface area (Å²) >= 11 is 0. The van der Waals surface area contributed by atoms with Crippen LogP contribution in [0.4, 0.5) is 0 Å². The van der Waals surface area contributed by atoms with Crippen molar-refractivity contribution in [2.24, 2.45) is 10.4 Å². The maximum Gasteiger partial charge on any atom is 0.194 e. The number of aryl methyl sites for hydroxylation is 1. The van der Waals surface area contributed by atoms with E-state index >= 15 is 0 Å². The van der Waals surface area contributed by atoms with Crippen LogP contribution in [-0.4, -0.2) is 45.8 Å². The van der Waals surface area contributed by atoms with Crippen molar-refractivity contribution in [2.45, 2.75) is 71.9 Å². The zero-order valence-electron chi connectivity index (χ0n) is 15.9. The lowest BCUT2D eigenvalue weighted by Crippen LogP contribution is -2.41. The van der Waals surface area contributed by atoms with Crippen LogP contribution in [0.3, 0.4) is 0 Å². The Kier molecular flexibility index (Phi) is 7.51. The summed E-state index contributed by atoms with van der Waals surface area (Å²) < 4.78 is 2.31. The van der Waals surface area contributed by atoms with Gasteiger partial charge in [-0.05, 0) is 37.5 Å². The fourth-order valence-corrected chi connectivity index (χ4v) is 4.11. The van der Waals surface area contributed by atoms with Gasteiger partial charge in [-0.3, -0.25) is 4.99 Å². The van der Waals surface area contributed by atoms with Crippen LogP contribution >= 0.6 is 24.0 Å². The molecule has 1 fully saturated rings. The van der Waals surface area contributed by atoms with Crippen molar-refractivity contribution in [3.63, 3.8) is 0 Å². The summed E-state index contributed by atoms with van der Waals surface area (Å²) in [4.78, 5) is 6.92. The number of rotatable bonds is 4. The van der Waals surface area contributed by atoms with Crippen molar-refractivity contribution in [3.8, 4) is 0 Å². The first-order valence-corrected chi connectivity index (χ1v) is 9.58. The van der Waals surface area contributed by atoms with Crippen LogP contribution < -0.4 is 5.32 Å². The molecule has 3 heterocycles. The summed E-state index contributed by atoms with van der Waals surface area (Å²) in [5.41, 5.74) is 0.462. The van der Waals surface area contributed by atoms with Gasteiger partial charge in [0.05, 0.1) is 6.54 Å². The fraction of sp³-hybridized carbons (Fsp3) is 0.833. The second-order valence-electron chi connectivity index (χ2n) is 7.27. The quantitative estimate of drug-likeness (QED) is 0.426. The molecule has 0 saturated carbocycles. The van der Waals surface area contributed by atoms with Crippen molar-refractivity contribution in [1.29, 1.82) is 0 Å². The number of hydrogen-bond acceptors (Lipinski definition) is 3. The molecule has 0 amide bonds. The maximum atomic E-state index is 4.51. The molecular weight excluding hydrogens is 427 g/mol. The Morgan fingerprint density at radius 2 is 1.96 bits per heavy atom. The first-order valence-electron chi connectivity index (χ1n) is 9.58. The number of likely N-dealkylation sites (tertiary alicyclic amines) is 1. The predicted octanol–water partition coefficient (Wildman–Crippen LogP) is 3.21. The van der Waals surface area contributed by atoms with E-state index in [0.717, 1.165) is 43.7 Å². The molecule has 25 heavy (non-hydrogen) atoms. The highest BCUT2D eigenvalue weighted by Gasteiger charge is 2.36. The minimum atomic E-state index is 0. The lowest BCUT2D eigenvalue weighted by atomic mass is 9.82. The molecule has 3 rings (SSSR count). The van der Waals surface area contributed by atoms with Gasteiger partial charge in [0.1, 0.15) is 5.82 Å². The van der Waals surface area contributed by atoms with Gasteiger partial charge in [0.25, 0.3) is 0 Å². The topological polar surface area (TPSA) is 58.3 Å². The van der Waals surface area contributed by atoms with Crippen LogP contribution in [0.1, 0.15) is 64.0 Å². The van der Waals surface area contributed by atoms with Crippen LogP contribution in [0.15, 0.2) is 4.99 Å². The minimum Gasteiger partial charge on any atom is -0.349 e. The number of aromatic nitrogens is 3. The smallest absolute Gasteiger partial charge is 0.194 e. The highest BCUT2D eigenvalue weighted by molar-refractivity contribution is 14.0. The standard InChI is InChI=1S/C18H32N6.HI/c1-4-18(5-2)10-12-23(14-18)17(19-3)20-13-16-22-21-15-9-7-6-8-11-24(15)16;/h4-14H2,1-3H3,(H,19,20);1H. The molecule has 1 aromatic heterocycles. The van der Waals surface area contributed by atoms with Crippen molar-refractivity contribution in [3.05, 3.63) is 11.6 Å². The van der Waals surface area contributed by atoms with E-state index in [1.165, 1.54) is 38.5 Å². The molecule has 0 bridgehead atoms. The van der Waals surface area contributed by atoms with Gasteiger partial charge in [-0.25, -0.2) is 0 Å². The molecule has 1 aromatic rings. The van der Waals surface area contributed by atoms with E-state index in [2.05, 4.69) is 43.8 Å². The minimum absolute atomic E-state index is 0. The average Bonchev–Trinajstić information content (AvgIpc) is 3.14. The fourth-order valence-electron chi connectivity index (χ4n) is 4.11. The molecule has 0 aromatic carbocycles. The van der Waals surface area contributed by atoms with Crippen LogP contribution in [0.25, 0.3) is 0 Å². The third-order valence-corrected chi connectivity index (χ3v) is 6.04. The van der Waals surface area contributed by atoms with Crippen molar-refractivity contribution >= 4 is 29.9 Å². The van der Waals surface area contributed by atoms with Crippen LogP contribution in [0.5, 0.6) is 0 Å². The van der Waals surface area contributed by atoms with E-state index in [1.807, 2.05) is 7.05 Å². The Morgan fingerprint density at radius 1 is 1.16 bits per heavy atom. The zero-order chi connectivity index (χ0) is 17.0. The Balaban J connectivity index is 0.00000225. The van der Waals surface area contributed by atoms with Gasteiger partial charge in [0, 0.05) is 33.1 Å². The SMILES string of the molecule is CCC1(CC)CCN(C(=NC)NCc2nnc3n2CCCCC3)C1.I. The van der Waals surface area contributed by atoms with Crippen LogP contribution in [0, 0.1) is 5.41 Å². The number of fused-ring (bicyclic) bond motifs is 1. The van der Waals surface area contributed by atoms with Gasteiger partial charge in [-0.15, -0.1) is 34.2 Å². The number of aliphatic imine (C=N–C) groups is 1. The number of halogens is 1. The molecule has 7 heteroatoms. The van der Waals surface area contributed by atoms with E-state index in [9.17, 15) is 0 Å². The summed E-state index contributed by atoms with van der Waals surface area (Å²) in [7, 11) is 1.88. The van der Waals surface area contributed by atoms with E-state index in [1.54, 1.807) is 0 Å². The van der Waals surface area contributed by atoms with E-state index in [4.69, 9.17) is 0 Å². The Morgan fingerprint density at radius 3 is 2.64 bits per heavy atom. The third kappa shape index (κ3) is 4.46. The summed E-state index contributed by atoms with van der Waals surface area (Å²) in [5.74, 6) is 3.20. The number of nitrogens with zero attached hydrogens (tertiary/aromatic N) is 5. The summed E-state index contributed by atoms with van der Waals surface area (Å²) in [6.07, 6.45) is 8.57. The second kappa shape index (κ2) is 9.19. The van der Waals surface area contributed by atoms with Gasteiger partial charge >= 0.3 is 0 Å². The predicted molar refractivity (Wildman–Crippen MR) is 112 cm³/mol. The van der Waals surface area contributed by atoms with Crippen molar-refractivity contribution in [1.82, 2.24) is 25.0 Å². The third-order valence-electron chi connectivity index (χ3n) is 6.04. The molecule has 0 spiro atoms. The van der Waals surface area contributed by atoms with Crippen molar-refractivity contribution in [2.75, 3.05) is 20.1 Å². The highest BCUT2D eigenvalue weighted by Crippen LogP contribution is 2.36. The number of hydrogen-bond donors (Lipinski definition) is 1. The molecule has 0 radical (unpaired) electrons. The molecule has 0 unspecified atom stereocenters. The van der Waals surface area contributed by atoms with Gasteiger partial charge in [-0.1, -0.05) is 20.3 Å². The van der Waals surface area contributed by atoms with Gasteiger partial charge in [-0.2, -0.15) is 0 Å². The molecule has 2 aliphatic heterocycles. The van der Waals surface area contributed by atoms with E-state index in [0.29, 0.717) is 12.0 Å². The van der Waals surface area contributed by atoms with Crippen LogP contribution in [-0.2, 0) is 19.5 Å². The van der Waals surface area contributed by atoms with E-state index < -0.39 is 0 Å². The molecule has 142 valence electrons. The second-order valence-corrected chi connectivity index (χ2v) is 7.27. The Bertz CT molecular complexity index is 578. The molecule has 6 nitrogen and oxygen atoms in total. The summed E-state index contributed by atoms with van der Waals surface area (Å²) in [6, 6.07) is 0. The van der Waals surface area contributed by atoms with E-state index in [-0.39, 0.29) is 24.0 Å². The average molecular weight is 460 g/mol. The molecule has 0 atom stereocenters. The molecular formula is C18H33IN6. The first kappa shape index (κ1) is 20.5. The van der Waals surface area contributed by atoms with Gasteiger partial charge in [0.15, 0.2) is 11.8 Å². The summed E-state index contributed by atoms with van der Waals surface area (Å²) in [5, 5.41) is 12.3.